The van der Waals surface area contributed by atoms with E-state index in [1.807, 2.05) is 0 Å². The van der Waals surface area contributed by atoms with E-state index in [-0.39, 0.29) is 5.82 Å². The Labute approximate surface area is 117 Å². The van der Waals surface area contributed by atoms with E-state index in [1.165, 1.54) is 6.07 Å². The fourth-order valence-electron chi connectivity index (χ4n) is 2.04. The normalized spacial score (nSPS) is 14.3. The first-order chi connectivity index (χ1) is 9.45. The van der Waals surface area contributed by atoms with Crippen molar-refractivity contribution < 1.29 is 13.2 Å². The third kappa shape index (κ3) is 2.33. The standard InChI is InChI=1S/C13H10F3N3S/c14-13(15,16)8-3-1-2-7(4-8)12-18-10-6-20-5-9(10)11(17)19-12/h1-4H,5-6H2,(H2,17,18,19). The third-order valence-electron chi connectivity index (χ3n) is 3.06. The molecule has 2 N–H and O–H groups in total. The largest absolute Gasteiger partial charge is 0.416 e. The van der Waals surface area contributed by atoms with Gasteiger partial charge >= 0.3 is 6.18 Å². The summed E-state index contributed by atoms with van der Waals surface area (Å²) in [5.74, 6) is 2.07. The van der Waals surface area contributed by atoms with E-state index in [4.69, 9.17) is 5.73 Å². The molecular formula is C13H10F3N3S. The van der Waals surface area contributed by atoms with E-state index in [2.05, 4.69) is 9.97 Å². The summed E-state index contributed by atoms with van der Waals surface area (Å²) >= 11 is 1.67. The van der Waals surface area contributed by atoms with Gasteiger partial charge in [0, 0.05) is 22.6 Å². The summed E-state index contributed by atoms with van der Waals surface area (Å²) in [6.07, 6.45) is -4.38. The third-order valence-corrected chi connectivity index (χ3v) is 4.03. The predicted octanol–water partition coefficient (Wildman–Crippen LogP) is 3.49. The van der Waals surface area contributed by atoms with Gasteiger partial charge in [-0.3, -0.25) is 0 Å². The van der Waals surface area contributed by atoms with Crippen molar-refractivity contribution in [1.29, 1.82) is 0 Å². The van der Waals surface area contributed by atoms with Crippen molar-refractivity contribution >= 4 is 17.6 Å². The van der Waals surface area contributed by atoms with Gasteiger partial charge in [0.25, 0.3) is 0 Å². The minimum Gasteiger partial charge on any atom is -0.383 e. The Bertz CT molecular complexity index is 670. The van der Waals surface area contributed by atoms with E-state index in [0.29, 0.717) is 17.1 Å². The van der Waals surface area contributed by atoms with E-state index in [9.17, 15) is 13.2 Å². The SMILES string of the molecule is Nc1nc(-c2cccc(C(F)(F)F)c2)nc2c1CSC2. The van der Waals surface area contributed by atoms with Crippen LogP contribution in [0.15, 0.2) is 24.3 Å². The second kappa shape index (κ2) is 4.66. The van der Waals surface area contributed by atoms with E-state index in [1.54, 1.807) is 17.8 Å². The molecule has 0 spiro atoms. The van der Waals surface area contributed by atoms with Gasteiger partial charge in [0.05, 0.1) is 11.3 Å². The van der Waals surface area contributed by atoms with Gasteiger partial charge < -0.3 is 5.73 Å². The van der Waals surface area contributed by atoms with Crippen molar-refractivity contribution in [2.75, 3.05) is 5.73 Å². The van der Waals surface area contributed by atoms with Crippen LogP contribution in [0.25, 0.3) is 11.4 Å². The first-order valence-corrected chi connectivity index (χ1v) is 7.01. The lowest BCUT2D eigenvalue weighted by molar-refractivity contribution is -0.137. The molecule has 1 aromatic carbocycles. The summed E-state index contributed by atoms with van der Waals surface area (Å²) in [6.45, 7) is 0. The van der Waals surface area contributed by atoms with Gasteiger partial charge in [0.15, 0.2) is 5.82 Å². The number of nitrogens with two attached hydrogens (primary N) is 1. The topological polar surface area (TPSA) is 51.8 Å². The van der Waals surface area contributed by atoms with Crippen LogP contribution in [0, 0.1) is 0 Å². The molecule has 7 heteroatoms. The highest BCUT2D eigenvalue weighted by Crippen LogP contribution is 2.35. The quantitative estimate of drug-likeness (QED) is 0.875. The van der Waals surface area contributed by atoms with E-state index >= 15 is 0 Å². The Morgan fingerprint density at radius 1 is 1.15 bits per heavy atom. The minimum absolute atomic E-state index is 0.245. The molecule has 104 valence electrons. The number of benzene rings is 1. The number of rotatable bonds is 1. The van der Waals surface area contributed by atoms with Crippen molar-refractivity contribution in [3.8, 4) is 11.4 Å². The van der Waals surface area contributed by atoms with Crippen LogP contribution in [-0.2, 0) is 17.7 Å². The fourth-order valence-corrected chi connectivity index (χ4v) is 3.09. The molecule has 1 aromatic heterocycles. The Morgan fingerprint density at radius 3 is 2.70 bits per heavy atom. The maximum absolute atomic E-state index is 12.7. The number of hydrogen-bond acceptors (Lipinski definition) is 4. The van der Waals surface area contributed by atoms with Crippen LogP contribution >= 0.6 is 11.8 Å². The lowest BCUT2D eigenvalue weighted by Crippen LogP contribution is -2.06. The predicted molar refractivity (Wildman–Crippen MR) is 71.9 cm³/mol. The number of nitrogens with zero attached hydrogens (tertiary/aromatic N) is 2. The molecule has 0 amide bonds. The van der Waals surface area contributed by atoms with Crippen molar-refractivity contribution in [3.63, 3.8) is 0 Å². The van der Waals surface area contributed by atoms with E-state index < -0.39 is 11.7 Å². The summed E-state index contributed by atoms with van der Waals surface area (Å²) < 4.78 is 38.1. The number of halogens is 3. The zero-order valence-corrected chi connectivity index (χ0v) is 11.1. The van der Waals surface area contributed by atoms with Gasteiger partial charge in [-0.1, -0.05) is 12.1 Å². The Hall–Kier alpha value is -1.76. The smallest absolute Gasteiger partial charge is 0.383 e. The minimum atomic E-state index is -4.38. The van der Waals surface area contributed by atoms with Crippen LogP contribution in [0.5, 0.6) is 0 Å². The zero-order chi connectivity index (χ0) is 14.3. The summed E-state index contributed by atoms with van der Waals surface area (Å²) in [7, 11) is 0. The summed E-state index contributed by atoms with van der Waals surface area (Å²) in [6, 6.07) is 4.97. The molecule has 0 saturated heterocycles. The molecule has 2 aromatic rings. The second-order valence-corrected chi connectivity index (χ2v) is 5.41. The van der Waals surface area contributed by atoms with Crippen molar-refractivity contribution in [1.82, 2.24) is 9.97 Å². The number of anilines is 1. The molecule has 0 atom stereocenters. The molecule has 0 bridgehead atoms. The van der Waals surface area contributed by atoms with Gasteiger partial charge in [-0.25, -0.2) is 9.97 Å². The molecule has 0 aliphatic carbocycles. The van der Waals surface area contributed by atoms with Crippen LogP contribution in [0.4, 0.5) is 19.0 Å². The maximum atomic E-state index is 12.7. The number of hydrogen-bond donors (Lipinski definition) is 1. The molecular weight excluding hydrogens is 287 g/mol. The number of aromatic nitrogens is 2. The van der Waals surface area contributed by atoms with Gasteiger partial charge in [0.2, 0.25) is 0 Å². The highest BCUT2D eigenvalue weighted by Gasteiger charge is 2.30. The van der Waals surface area contributed by atoms with Gasteiger partial charge in [-0.2, -0.15) is 24.9 Å². The molecule has 0 saturated carbocycles. The monoisotopic (exact) mass is 297 g/mol. The summed E-state index contributed by atoms with van der Waals surface area (Å²) in [4.78, 5) is 8.45. The highest BCUT2D eigenvalue weighted by atomic mass is 32.2. The van der Waals surface area contributed by atoms with E-state index in [0.717, 1.165) is 29.1 Å². The molecule has 0 radical (unpaired) electrons. The molecule has 0 unspecified atom stereocenters. The first-order valence-electron chi connectivity index (χ1n) is 5.86. The molecule has 3 nitrogen and oxygen atoms in total. The van der Waals surface area contributed by atoms with Crippen LogP contribution in [-0.4, -0.2) is 9.97 Å². The second-order valence-electron chi connectivity index (χ2n) is 4.43. The highest BCUT2D eigenvalue weighted by molar-refractivity contribution is 7.98. The number of nitrogen functional groups attached to an aromatic ring is 1. The molecule has 1 aliphatic heterocycles. The molecule has 2 heterocycles. The van der Waals surface area contributed by atoms with Crippen molar-refractivity contribution in [2.45, 2.75) is 17.7 Å². The number of fused-ring (bicyclic) bond motifs is 1. The number of thioether (sulfide) groups is 1. The summed E-state index contributed by atoms with van der Waals surface area (Å²) in [5, 5.41) is 0. The number of alkyl halides is 3. The average molecular weight is 297 g/mol. The maximum Gasteiger partial charge on any atom is 0.416 e. The molecule has 0 fully saturated rings. The first kappa shape index (κ1) is 13.2. The lowest BCUT2D eigenvalue weighted by Gasteiger charge is -2.09. The Morgan fingerprint density at radius 2 is 1.95 bits per heavy atom. The Balaban J connectivity index is 2.08. The van der Waals surface area contributed by atoms with Gasteiger partial charge in [-0.15, -0.1) is 0 Å². The van der Waals surface area contributed by atoms with Crippen LogP contribution in [0.1, 0.15) is 16.8 Å². The average Bonchev–Trinajstić information content (AvgIpc) is 2.87. The summed E-state index contributed by atoms with van der Waals surface area (Å²) in [5.41, 5.74) is 7.17. The molecule has 1 aliphatic rings. The van der Waals surface area contributed by atoms with Crippen LogP contribution < -0.4 is 5.73 Å². The molecule has 3 rings (SSSR count). The van der Waals surface area contributed by atoms with Gasteiger partial charge in [-0.05, 0) is 12.1 Å². The van der Waals surface area contributed by atoms with Gasteiger partial charge in [0.1, 0.15) is 5.82 Å². The van der Waals surface area contributed by atoms with Crippen LogP contribution in [0.3, 0.4) is 0 Å². The lowest BCUT2D eigenvalue weighted by atomic mass is 10.1. The zero-order valence-electron chi connectivity index (χ0n) is 10.2. The van der Waals surface area contributed by atoms with Crippen molar-refractivity contribution in [2.24, 2.45) is 0 Å². The fraction of sp³-hybridized carbons (Fsp3) is 0.231. The van der Waals surface area contributed by atoms with Crippen molar-refractivity contribution in [3.05, 3.63) is 41.1 Å². The molecule has 20 heavy (non-hydrogen) atoms. The Kier molecular flexibility index (Phi) is 3.08. The van der Waals surface area contributed by atoms with Crippen LogP contribution in [0.2, 0.25) is 0 Å².